The highest BCUT2D eigenvalue weighted by molar-refractivity contribution is 5.77. The molecule has 1 aromatic heterocycles. The van der Waals surface area contributed by atoms with E-state index in [0.29, 0.717) is 37.8 Å². The molecule has 2 saturated carbocycles. The van der Waals surface area contributed by atoms with Crippen molar-refractivity contribution in [3.05, 3.63) is 53.4 Å². The number of carbonyl (C=O) groups is 1. The third-order valence-corrected chi connectivity index (χ3v) is 7.62. The van der Waals surface area contributed by atoms with E-state index in [9.17, 15) is 9.90 Å². The van der Waals surface area contributed by atoms with Gasteiger partial charge in [-0.05, 0) is 43.6 Å². The minimum absolute atomic E-state index is 0.0520. The van der Waals surface area contributed by atoms with Gasteiger partial charge in [-0.1, -0.05) is 54.8 Å². The van der Waals surface area contributed by atoms with Crippen LogP contribution in [0, 0.1) is 5.92 Å². The fourth-order valence-corrected chi connectivity index (χ4v) is 5.53. The molecule has 0 bridgehead atoms. The van der Waals surface area contributed by atoms with Crippen LogP contribution in [0.5, 0.6) is 0 Å². The number of aliphatic hydroxyl groups is 1. The number of nitrogens with zero attached hydrogens (tertiary/aromatic N) is 2. The number of carbonyl (C=O) groups excluding carboxylic acids is 1. The van der Waals surface area contributed by atoms with Gasteiger partial charge in [0.25, 0.3) is 0 Å². The van der Waals surface area contributed by atoms with Crippen LogP contribution in [0.4, 0.5) is 0 Å². The van der Waals surface area contributed by atoms with Gasteiger partial charge >= 0.3 is 0 Å². The number of hydrogen-bond acceptors (Lipinski definition) is 5. The largest absolute Gasteiger partial charge is 0.389 e. The maximum Gasteiger partial charge on any atom is 0.221 e. The molecule has 2 aliphatic carbocycles. The van der Waals surface area contributed by atoms with E-state index >= 15 is 0 Å². The van der Waals surface area contributed by atoms with Gasteiger partial charge < -0.3 is 14.9 Å². The summed E-state index contributed by atoms with van der Waals surface area (Å²) in [6.45, 7) is 1.89. The van der Waals surface area contributed by atoms with Crippen molar-refractivity contribution < 1.29 is 14.4 Å². The molecule has 2 N–H and O–H groups in total. The first kappa shape index (κ1) is 21.7. The summed E-state index contributed by atoms with van der Waals surface area (Å²) < 4.78 is 5.66. The topological polar surface area (TPSA) is 78.6 Å². The van der Waals surface area contributed by atoms with Crippen molar-refractivity contribution in [2.75, 3.05) is 13.1 Å². The van der Waals surface area contributed by atoms with Crippen molar-refractivity contribution in [1.29, 1.82) is 0 Å². The van der Waals surface area contributed by atoms with Crippen LogP contribution >= 0.6 is 0 Å². The molecule has 2 heterocycles. The van der Waals surface area contributed by atoms with Crippen LogP contribution in [0.3, 0.4) is 0 Å². The number of rotatable bonds is 7. The Balaban J connectivity index is 1.26. The summed E-state index contributed by atoms with van der Waals surface area (Å²) in [6, 6.07) is 12.1. The summed E-state index contributed by atoms with van der Waals surface area (Å²) in [5.74, 6) is 1.96. The Labute approximate surface area is 190 Å². The third-order valence-electron chi connectivity index (χ3n) is 7.62. The zero-order chi connectivity index (χ0) is 22.0. The molecule has 5 rings (SSSR count). The lowest BCUT2D eigenvalue weighted by atomic mass is 9.78. The summed E-state index contributed by atoms with van der Waals surface area (Å²) >= 11 is 0. The van der Waals surface area contributed by atoms with Gasteiger partial charge in [0.05, 0.1) is 23.9 Å². The lowest BCUT2D eigenvalue weighted by Gasteiger charge is -2.46. The molecule has 0 radical (unpaired) electrons. The highest BCUT2D eigenvalue weighted by Gasteiger charge is 2.45. The van der Waals surface area contributed by atoms with Crippen molar-refractivity contribution in [2.24, 2.45) is 5.92 Å². The SMILES string of the molecule is O=C(CC1CC1)N[C@]1(c2ccccc2)CCN(Cc2cc(C3CCCCC3)no2)C[C@H]1O. The van der Waals surface area contributed by atoms with Gasteiger partial charge in [0.15, 0.2) is 5.76 Å². The van der Waals surface area contributed by atoms with Crippen LogP contribution < -0.4 is 5.32 Å². The zero-order valence-corrected chi connectivity index (χ0v) is 18.8. The Morgan fingerprint density at radius 1 is 1.16 bits per heavy atom. The first-order valence-corrected chi connectivity index (χ1v) is 12.3. The van der Waals surface area contributed by atoms with Crippen LogP contribution in [0.1, 0.15) is 80.7 Å². The monoisotopic (exact) mass is 437 g/mol. The molecule has 0 spiro atoms. The maximum absolute atomic E-state index is 12.8. The van der Waals surface area contributed by atoms with Gasteiger partial charge in [-0.2, -0.15) is 0 Å². The van der Waals surface area contributed by atoms with Gasteiger partial charge in [-0.25, -0.2) is 0 Å². The van der Waals surface area contributed by atoms with E-state index in [2.05, 4.69) is 21.4 Å². The van der Waals surface area contributed by atoms with Crippen LogP contribution in [0.2, 0.25) is 0 Å². The number of aliphatic hydroxyl groups excluding tert-OH is 1. The fourth-order valence-electron chi connectivity index (χ4n) is 5.53. The highest BCUT2D eigenvalue weighted by Crippen LogP contribution is 2.37. The van der Waals surface area contributed by atoms with Crippen molar-refractivity contribution in [3.63, 3.8) is 0 Å². The van der Waals surface area contributed by atoms with Crippen molar-refractivity contribution in [2.45, 2.75) is 81.9 Å². The quantitative estimate of drug-likeness (QED) is 0.682. The first-order chi connectivity index (χ1) is 15.6. The van der Waals surface area contributed by atoms with Crippen molar-refractivity contribution in [3.8, 4) is 0 Å². The summed E-state index contributed by atoms with van der Waals surface area (Å²) in [6.07, 6.45) is 9.10. The number of β-amino-alcohol motifs (C(OH)–C–C–N with tert-alkyl or cyclic N) is 1. The maximum atomic E-state index is 12.8. The van der Waals surface area contributed by atoms with Gasteiger partial charge in [0, 0.05) is 31.5 Å². The zero-order valence-electron chi connectivity index (χ0n) is 18.8. The second-order valence-corrected chi connectivity index (χ2v) is 10.1. The van der Waals surface area contributed by atoms with Gasteiger partial charge in [-0.3, -0.25) is 9.69 Å². The average Bonchev–Trinajstić information content (AvgIpc) is 3.51. The Kier molecular flexibility index (Phi) is 6.33. The molecule has 0 unspecified atom stereocenters. The van der Waals surface area contributed by atoms with Crippen molar-refractivity contribution >= 4 is 5.91 Å². The average molecular weight is 438 g/mol. The molecule has 172 valence electrons. The number of nitrogens with one attached hydrogen (secondary N) is 1. The van der Waals surface area contributed by atoms with E-state index in [1.807, 2.05) is 30.3 Å². The molecule has 2 atom stereocenters. The summed E-state index contributed by atoms with van der Waals surface area (Å²) in [5.41, 5.74) is 1.33. The molecule has 2 aromatic rings. The number of hydrogen-bond donors (Lipinski definition) is 2. The molecule has 1 aliphatic heterocycles. The van der Waals surface area contributed by atoms with E-state index in [1.165, 1.54) is 32.1 Å². The van der Waals surface area contributed by atoms with Gasteiger partial charge in [0.1, 0.15) is 0 Å². The summed E-state index contributed by atoms with van der Waals surface area (Å²) in [4.78, 5) is 15.0. The van der Waals surface area contributed by atoms with E-state index in [0.717, 1.165) is 36.4 Å². The molecular weight excluding hydrogens is 402 g/mol. The fraction of sp³-hybridized carbons (Fsp3) is 0.615. The van der Waals surface area contributed by atoms with Crippen molar-refractivity contribution in [1.82, 2.24) is 15.4 Å². The van der Waals surface area contributed by atoms with Gasteiger partial charge in [-0.15, -0.1) is 0 Å². The number of piperidine rings is 1. The summed E-state index contributed by atoms with van der Waals surface area (Å²) in [7, 11) is 0. The Morgan fingerprint density at radius 2 is 1.94 bits per heavy atom. The third kappa shape index (κ3) is 4.76. The normalized spacial score (nSPS) is 27.3. The molecule has 1 saturated heterocycles. The molecule has 1 aromatic carbocycles. The van der Waals surface area contributed by atoms with Crippen LogP contribution in [0.15, 0.2) is 40.9 Å². The Morgan fingerprint density at radius 3 is 2.66 bits per heavy atom. The number of likely N-dealkylation sites (tertiary alicyclic amines) is 1. The molecule has 32 heavy (non-hydrogen) atoms. The van der Waals surface area contributed by atoms with Crippen LogP contribution in [-0.4, -0.2) is 40.3 Å². The lowest BCUT2D eigenvalue weighted by molar-refractivity contribution is -0.127. The highest BCUT2D eigenvalue weighted by atomic mass is 16.5. The number of benzene rings is 1. The number of aromatic nitrogens is 1. The Hall–Kier alpha value is -2.18. The minimum Gasteiger partial charge on any atom is -0.389 e. The van der Waals surface area contributed by atoms with E-state index in [-0.39, 0.29) is 5.91 Å². The predicted molar refractivity (Wildman–Crippen MR) is 122 cm³/mol. The van der Waals surface area contributed by atoms with E-state index < -0.39 is 11.6 Å². The lowest BCUT2D eigenvalue weighted by Crippen LogP contribution is -2.61. The first-order valence-electron chi connectivity index (χ1n) is 12.3. The number of amides is 1. The smallest absolute Gasteiger partial charge is 0.221 e. The second kappa shape index (κ2) is 9.36. The van der Waals surface area contributed by atoms with Crippen LogP contribution in [0.25, 0.3) is 0 Å². The predicted octanol–water partition coefficient (Wildman–Crippen LogP) is 4.10. The molecule has 1 amide bonds. The standard InChI is InChI=1S/C26H35N3O3/c30-24-18-29(17-22-16-23(28-32-22)20-7-3-1-4-8-20)14-13-26(24,21-9-5-2-6-10-21)27-25(31)15-19-11-12-19/h2,5-6,9-10,16,19-20,24,30H,1,3-4,7-8,11-15,17-18H2,(H,27,31)/t24-,26+/m1/s1. The molecular formula is C26H35N3O3. The van der Waals surface area contributed by atoms with E-state index in [1.54, 1.807) is 0 Å². The van der Waals surface area contributed by atoms with Gasteiger partial charge in [0.2, 0.25) is 5.91 Å². The minimum atomic E-state index is -0.738. The Bertz CT molecular complexity index is 904. The molecule has 3 fully saturated rings. The molecule has 6 heteroatoms. The van der Waals surface area contributed by atoms with Crippen LogP contribution in [-0.2, 0) is 16.9 Å². The second-order valence-electron chi connectivity index (χ2n) is 10.1. The summed E-state index contributed by atoms with van der Waals surface area (Å²) in [5, 5.41) is 18.9. The van der Waals surface area contributed by atoms with E-state index in [4.69, 9.17) is 4.52 Å². The molecule has 6 nitrogen and oxygen atoms in total. The molecule has 3 aliphatic rings.